The monoisotopic (exact) mass is 292 g/mol. The van der Waals surface area contributed by atoms with Crippen LogP contribution in [0, 0.1) is 0 Å². The second-order valence-electron chi connectivity index (χ2n) is 4.48. The number of ether oxygens (including phenoxy) is 2. The van der Waals surface area contributed by atoms with Crippen LogP contribution >= 0.6 is 15.9 Å². The Kier molecular flexibility index (Phi) is 9.53. The number of alkyl halides is 1. The predicted molar refractivity (Wildman–Crippen MR) is 71.0 cm³/mol. The highest BCUT2D eigenvalue weighted by molar-refractivity contribution is 9.09. The Morgan fingerprint density at radius 1 is 1.00 bits per heavy atom. The summed E-state index contributed by atoms with van der Waals surface area (Å²) in [5, 5.41) is 1.15. The smallest absolute Gasteiger partial charge is 0.157 e. The normalized spacial score (nSPS) is 21.2. The van der Waals surface area contributed by atoms with Crippen molar-refractivity contribution in [3.8, 4) is 0 Å². The molecule has 16 heavy (non-hydrogen) atoms. The van der Waals surface area contributed by atoms with Crippen molar-refractivity contribution < 1.29 is 9.47 Å². The Labute approximate surface area is 108 Å². The maximum Gasteiger partial charge on any atom is 0.157 e. The van der Waals surface area contributed by atoms with Crippen molar-refractivity contribution in [1.82, 2.24) is 0 Å². The molecule has 0 amide bonds. The fourth-order valence-electron chi connectivity index (χ4n) is 1.96. The standard InChI is InChI=1S/C13H25BrO2/c14-10-6-3-1-2-4-7-11-15-13-9-5-8-12-16-13/h13H,1-12H2/t13-/m1/s1. The molecule has 1 saturated heterocycles. The average Bonchev–Trinajstić information content (AvgIpc) is 2.34. The number of rotatable bonds is 9. The molecule has 1 atom stereocenters. The Hall–Kier alpha value is 0.400. The third-order valence-electron chi connectivity index (χ3n) is 2.97. The SMILES string of the molecule is BrCCCCCCCCO[C@H]1CCCCO1. The first-order valence-corrected chi connectivity index (χ1v) is 7.85. The van der Waals surface area contributed by atoms with E-state index in [4.69, 9.17) is 9.47 Å². The Morgan fingerprint density at radius 2 is 1.75 bits per heavy atom. The molecule has 2 nitrogen and oxygen atoms in total. The zero-order valence-electron chi connectivity index (χ0n) is 10.3. The molecule has 96 valence electrons. The van der Waals surface area contributed by atoms with E-state index in [9.17, 15) is 0 Å². The average molecular weight is 293 g/mol. The van der Waals surface area contributed by atoms with Crippen LogP contribution in [0.15, 0.2) is 0 Å². The third kappa shape index (κ3) is 7.64. The predicted octanol–water partition coefficient (Wildman–Crippen LogP) is 4.27. The van der Waals surface area contributed by atoms with Crippen molar-refractivity contribution in [3.05, 3.63) is 0 Å². The van der Waals surface area contributed by atoms with Crippen LogP contribution in [0.2, 0.25) is 0 Å². The van der Waals surface area contributed by atoms with Gasteiger partial charge in [0.2, 0.25) is 0 Å². The van der Waals surface area contributed by atoms with E-state index in [0.717, 1.165) is 25.0 Å². The van der Waals surface area contributed by atoms with Gasteiger partial charge in [-0.25, -0.2) is 0 Å². The molecule has 1 aliphatic heterocycles. The largest absolute Gasteiger partial charge is 0.353 e. The van der Waals surface area contributed by atoms with Crippen LogP contribution in [0.3, 0.4) is 0 Å². The summed E-state index contributed by atoms with van der Waals surface area (Å²) in [7, 11) is 0. The second kappa shape index (κ2) is 10.5. The molecule has 0 spiro atoms. The summed E-state index contributed by atoms with van der Waals surface area (Å²) in [6.45, 7) is 1.76. The van der Waals surface area contributed by atoms with Crippen molar-refractivity contribution in [1.29, 1.82) is 0 Å². The van der Waals surface area contributed by atoms with Crippen molar-refractivity contribution in [3.63, 3.8) is 0 Å². The summed E-state index contributed by atoms with van der Waals surface area (Å²) in [5.41, 5.74) is 0. The minimum atomic E-state index is 0.0992. The summed E-state index contributed by atoms with van der Waals surface area (Å²) in [4.78, 5) is 0. The lowest BCUT2D eigenvalue weighted by atomic mass is 10.1. The molecule has 3 heteroatoms. The molecule has 0 aromatic heterocycles. The van der Waals surface area contributed by atoms with E-state index in [0.29, 0.717) is 0 Å². The molecule has 0 radical (unpaired) electrons. The van der Waals surface area contributed by atoms with Gasteiger partial charge in [-0.1, -0.05) is 41.6 Å². The third-order valence-corrected chi connectivity index (χ3v) is 3.53. The van der Waals surface area contributed by atoms with Gasteiger partial charge in [0.05, 0.1) is 0 Å². The Balaban J connectivity index is 1.77. The van der Waals surface area contributed by atoms with Gasteiger partial charge in [0.1, 0.15) is 0 Å². The minimum Gasteiger partial charge on any atom is -0.353 e. The van der Waals surface area contributed by atoms with E-state index in [1.807, 2.05) is 0 Å². The maximum absolute atomic E-state index is 5.68. The van der Waals surface area contributed by atoms with Gasteiger partial charge in [-0.15, -0.1) is 0 Å². The number of hydrogen-bond donors (Lipinski definition) is 0. The lowest BCUT2D eigenvalue weighted by Crippen LogP contribution is -2.22. The molecule has 1 fully saturated rings. The van der Waals surface area contributed by atoms with E-state index in [1.165, 1.54) is 51.4 Å². The zero-order valence-corrected chi connectivity index (χ0v) is 11.8. The first-order valence-electron chi connectivity index (χ1n) is 6.72. The van der Waals surface area contributed by atoms with Crippen LogP contribution in [0.5, 0.6) is 0 Å². The molecule has 0 saturated carbocycles. The highest BCUT2D eigenvalue weighted by Gasteiger charge is 2.12. The van der Waals surface area contributed by atoms with E-state index >= 15 is 0 Å². The van der Waals surface area contributed by atoms with Crippen LogP contribution < -0.4 is 0 Å². The maximum atomic E-state index is 5.68. The molecule has 0 N–H and O–H groups in total. The quantitative estimate of drug-likeness (QED) is 0.467. The first kappa shape index (κ1) is 14.5. The highest BCUT2D eigenvalue weighted by atomic mass is 79.9. The van der Waals surface area contributed by atoms with Crippen molar-refractivity contribution in [2.45, 2.75) is 64.1 Å². The Morgan fingerprint density at radius 3 is 2.44 bits per heavy atom. The van der Waals surface area contributed by atoms with E-state index in [1.54, 1.807) is 0 Å². The van der Waals surface area contributed by atoms with Gasteiger partial charge in [0, 0.05) is 18.5 Å². The van der Waals surface area contributed by atoms with Gasteiger partial charge in [-0.2, -0.15) is 0 Å². The highest BCUT2D eigenvalue weighted by Crippen LogP contribution is 2.14. The van der Waals surface area contributed by atoms with Crippen LogP contribution in [-0.2, 0) is 9.47 Å². The fourth-order valence-corrected chi connectivity index (χ4v) is 2.36. The van der Waals surface area contributed by atoms with Gasteiger partial charge < -0.3 is 9.47 Å². The number of hydrogen-bond acceptors (Lipinski definition) is 2. The van der Waals surface area contributed by atoms with Gasteiger partial charge in [0.25, 0.3) is 0 Å². The Bertz CT molecular complexity index is 147. The summed E-state index contributed by atoms with van der Waals surface area (Å²) >= 11 is 3.45. The molecular weight excluding hydrogens is 268 g/mol. The molecule has 0 unspecified atom stereocenters. The topological polar surface area (TPSA) is 18.5 Å². The summed E-state index contributed by atoms with van der Waals surface area (Å²) in [6.07, 6.45) is 11.5. The van der Waals surface area contributed by atoms with Crippen molar-refractivity contribution in [2.75, 3.05) is 18.5 Å². The van der Waals surface area contributed by atoms with Gasteiger partial charge in [-0.05, 0) is 32.1 Å². The summed E-state index contributed by atoms with van der Waals surface area (Å²) in [5.74, 6) is 0. The van der Waals surface area contributed by atoms with Crippen LogP contribution in [-0.4, -0.2) is 24.8 Å². The molecule has 0 aliphatic carbocycles. The van der Waals surface area contributed by atoms with Crippen LogP contribution in [0.4, 0.5) is 0 Å². The lowest BCUT2D eigenvalue weighted by molar-refractivity contribution is -0.162. The molecular formula is C13H25BrO2. The molecule has 1 rings (SSSR count). The molecule has 1 heterocycles. The first-order chi connectivity index (χ1) is 7.93. The summed E-state index contributed by atoms with van der Waals surface area (Å²) in [6, 6.07) is 0. The van der Waals surface area contributed by atoms with E-state index in [-0.39, 0.29) is 6.29 Å². The zero-order chi connectivity index (χ0) is 11.5. The molecule has 1 aliphatic rings. The second-order valence-corrected chi connectivity index (χ2v) is 5.27. The lowest BCUT2D eigenvalue weighted by Gasteiger charge is -2.22. The van der Waals surface area contributed by atoms with Gasteiger partial charge in [-0.3, -0.25) is 0 Å². The molecule has 0 aromatic rings. The minimum absolute atomic E-state index is 0.0992. The van der Waals surface area contributed by atoms with Crippen LogP contribution in [0.25, 0.3) is 0 Å². The van der Waals surface area contributed by atoms with E-state index in [2.05, 4.69) is 15.9 Å². The van der Waals surface area contributed by atoms with Gasteiger partial charge >= 0.3 is 0 Å². The van der Waals surface area contributed by atoms with Crippen molar-refractivity contribution in [2.24, 2.45) is 0 Å². The number of halogens is 1. The van der Waals surface area contributed by atoms with Gasteiger partial charge in [0.15, 0.2) is 6.29 Å². The molecule has 0 bridgehead atoms. The van der Waals surface area contributed by atoms with E-state index < -0.39 is 0 Å². The van der Waals surface area contributed by atoms with Crippen molar-refractivity contribution >= 4 is 15.9 Å². The summed E-state index contributed by atoms with van der Waals surface area (Å²) < 4.78 is 11.2. The van der Waals surface area contributed by atoms with Crippen LogP contribution in [0.1, 0.15) is 57.8 Å². The fraction of sp³-hybridized carbons (Fsp3) is 1.00. The number of unbranched alkanes of at least 4 members (excludes halogenated alkanes) is 5. The molecule has 0 aromatic carbocycles.